The average molecular weight is 260 g/mol. The van der Waals surface area contributed by atoms with Crippen molar-refractivity contribution in [3.05, 3.63) is 65.6 Å². The molecule has 1 aromatic rings. The highest BCUT2D eigenvalue weighted by molar-refractivity contribution is 8.04. The first-order valence-electron chi connectivity index (χ1n) is 5.42. The van der Waals surface area contributed by atoms with Gasteiger partial charge in [0.2, 0.25) is 0 Å². The van der Waals surface area contributed by atoms with Crippen molar-refractivity contribution in [2.24, 2.45) is 0 Å². The zero-order chi connectivity index (χ0) is 13.5. The van der Waals surface area contributed by atoms with E-state index in [2.05, 4.69) is 13.2 Å². The maximum atomic E-state index is 11.7. The Balaban J connectivity index is 2.96. The lowest BCUT2D eigenvalue weighted by atomic mass is 10.1. The molecule has 0 aliphatic rings. The van der Waals surface area contributed by atoms with Crippen molar-refractivity contribution in [3.63, 3.8) is 0 Å². The monoisotopic (exact) mass is 260 g/mol. The average Bonchev–Trinajstić information content (AvgIpc) is 2.38. The number of methoxy groups -OCH3 is 1. The Labute approximate surface area is 112 Å². The summed E-state index contributed by atoms with van der Waals surface area (Å²) < 4.78 is 4.77. The van der Waals surface area contributed by atoms with Crippen molar-refractivity contribution in [3.8, 4) is 0 Å². The highest BCUT2D eigenvalue weighted by Gasteiger charge is 2.12. The van der Waals surface area contributed by atoms with Gasteiger partial charge in [-0.2, -0.15) is 0 Å². The smallest absolute Gasteiger partial charge is 0.344 e. The van der Waals surface area contributed by atoms with Gasteiger partial charge >= 0.3 is 5.97 Å². The van der Waals surface area contributed by atoms with Crippen molar-refractivity contribution < 1.29 is 9.53 Å². The summed E-state index contributed by atoms with van der Waals surface area (Å²) in [6.45, 7) is 9.50. The number of hydrogen-bond donors (Lipinski definition) is 0. The molecule has 0 N–H and O–H groups in total. The van der Waals surface area contributed by atoms with E-state index in [-0.39, 0.29) is 5.97 Å². The van der Waals surface area contributed by atoms with Gasteiger partial charge in [0.25, 0.3) is 0 Å². The molecule has 0 saturated heterocycles. The Kier molecular flexibility index (Phi) is 5.46. The van der Waals surface area contributed by atoms with Crippen molar-refractivity contribution in [1.82, 2.24) is 0 Å². The third-order valence-corrected chi connectivity index (χ3v) is 3.22. The fourth-order valence-electron chi connectivity index (χ4n) is 1.13. The fourth-order valence-corrected chi connectivity index (χ4v) is 2.04. The lowest BCUT2D eigenvalue weighted by Crippen LogP contribution is -2.02. The minimum absolute atomic E-state index is 0.369. The number of ether oxygens (including phenoxy) is 1. The number of rotatable bonds is 5. The van der Waals surface area contributed by atoms with Crippen LogP contribution in [0.3, 0.4) is 0 Å². The molecule has 94 valence electrons. The Morgan fingerprint density at radius 3 is 2.39 bits per heavy atom. The Bertz CT molecular complexity index is 486. The third-order valence-electron chi connectivity index (χ3n) is 2.21. The molecule has 0 unspecified atom stereocenters. The van der Waals surface area contributed by atoms with E-state index in [1.807, 2.05) is 37.3 Å². The molecule has 1 aromatic carbocycles. The number of esters is 1. The van der Waals surface area contributed by atoms with Gasteiger partial charge in [0.1, 0.15) is 0 Å². The predicted octanol–water partition coefficient (Wildman–Crippen LogP) is 3.97. The molecule has 0 atom stereocenters. The molecule has 2 nitrogen and oxygen atoms in total. The minimum Gasteiger partial charge on any atom is -0.465 e. The highest BCUT2D eigenvalue weighted by atomic mass is 32.2. The molecule has 18 heavy (non-hydrogen) atoms. The summed E-state index contributed by atoms with van der Waals surface area (Å²) in [7, 11) is 1.37. The van der Waals surface area contributed by atoms with Gasteiger partial charge in [0, 0.05) is 4.90 Å². The van der Waals surface area contributed by atoms with Crippen LogP contribution >= 0.6 is 11.8 Å². The van der Waals surface area contributed by atoms with Crippen LogP contribution in [0.4, 0.5) is 0 Å². The second-order valence-corrected chi connectivity index (χ2v) is 4.84. The molecule has 0 aliphatic heterocycles. The molecule has 0 amide bonds. The molecule has 0 aliphatic carbocycles. The van der Waals surface area contributed by atoms with Crippen LogP contribution in [-0.2, 0) is 9.53 Å². The van der Waals surface area contributed by atoms with E-state index >= 15 is 0 Å². The molecular weight excluding hydrogens is 244 g/mol. The molecule has 0 aromatic heterocycles. The number of carbonyl (C=O) groups excluding carboxylic acids is 1. The van der Waals surface area contributed by atoms with Crippen LogP contribution < -0.4 is 0 Å². The van der Waals surface area contributed by atoms with Crippen LogP contribution in [0.15, 0.2) is 70.5 Å². The van der Waals surface area contributed by atoms with Crippen LogP contribution in [-0.4, -0.2) is 13.1 Å². The van der Waals surface area contributed by atoms with E-state index in [9.17, 15) is 4.79 Å². The van der Waals surface area contributed by atoms with Gasteiger partial charge < -0.3 is 4.74 Å². The minimum atomic E-state index is -0.369. The Morgan fingerprint density at radius 2 is 1.89 bits per heavy atom. The van der Waals surface area contributed by atoms with Crippen LogP contribution in [0.25, 0.3) is 0 Å². The van der Waals surface area contributed by atoms with Crippen LogP contribution in [0.2, 0.25) is 0 Å². The summed E-state index contributed by atoms with van der Waals surface area (Å²) >= 11 is 1.35. The van der Waals surface area contributed by atoms with E-state index in [0.29, 0.717) is 4.91 Å². The van der Waals surface area contributed by atoms with Gasteiger partial charge in [-0.3, -0.25) is 0 Å². The quantitative estimate of drug-likeness (QED) is 0.347. The first kappa shape index (κ1) is 14.3. The largest absolute Gasteiger partial charge is 0.465 e. The molecule has 0 spiro atoms. The zero-order valence-electron chi connectivity index (χ0n) is 10.6. The highest BCUT2D eigenvalue weighted by Crippen LogP contribution is 2.28. The summed E-state index contributed by atoms with van der Waals surface area (Å²) in [4.78, 5) is 13.2. The molecule has 1 rings (SSSR count). The molecule has 0 bridgehead atoms. The maximum Gasteiger partial charge on any atom is 0.344 e. The zero-order valence-corrected chi connectivity index (χ0v) is 11.4. The summed E-state index contributed by atoms with van der Waals surface area (Å²) in [6.07, 6.45) is 1.70. The van der Waals surface area contributed by atoms with Crippen LogP contribution in [0.5, 0.6) is 0 Å². The number of carbonyl (C=O) groups is 1. The van der Waals surface area contributed by atoms with E-state index < -0.39 is 0 Å². The predicted molar refractivity (Wildman–Crippen MR) is 76.4 cm³/mol. The van der Waals surface area contributed by atoms with Gasteiger partial charge in [-0.05, 0) is 30.7 Å². The Hall–Kier alpha value is -1.74. The molecule has 3 heteroatoms. The summed E-state index contributed by atoms with van der Waals surface area (Å²) in [5, 5.41) is 0. The molecular formula is C15H16O2S. The normalized spacial score (nSPS) is 10.9. The van der Waals surface area contributed by atoms with Crippen molar-refractivity contribution in [2.75, 3.05) is 7.11 Å². The second kappa shape index (κ2) is 6.87. The number of benzene rings is 1. The molecule has 0 heterocycles. The van der Waals surface area contributed by atoms with Gasteiger partial charge in [-0.1, -0.05) is 48.7 Å². The number of allylic oxidation sites excluding steroid dienone is 3. The number of thioether (sulfide) groups is 1. The third kappa shape index (κ3) is 4.26. The molecule has 0 radical (unpaired) electrons. The lowest BCUT2D eigenvalue weighted by Gasteiger charge is -2.06. The first-order chi connectivity index (χ1) is 8.54. The standard InChI is InChI=1S/C15H16O2S/c1-11(2)12(3)10-14(15(16)17-4)18-13-8-6-5-7-9-13/h5-10H,1,3H2,2,4H3/b14-10+. The SMILES string of the molecule is C=C(C)C(=C)/C=C(/Sc1ccccc1)C(=O)OC. The second-order valence-electron chi connectivity index (χ2n) is 3.72. The summed E-state index contributed by atoms with van der Waals surface area (Å²) in [6, 6.07) is 9.64. The van der Waals surface area contributed by atoms with Crippen molar-refractivity contribution in [1.29, 1.82) is 0 Å². The van der Waals surface area contributed by atoms with E-state index in [1.165, 1.54) is 18.9 Å². The number of hydrogen-bond acceptors (Lipinski definition) is 3. The van der Waals surface area contributed by atoms with Crippen LogP contribution in [0.1, 0.15) is 6.92 Å². The van der Waals surface area contributed by atoms with E-state index in [4.69, 9.17) is 4.74 Å². The van der Waals surface area contributed by atoms with Gasteiger partial charge in [0.05, 0.1) is 12.0 Å². The molecule has 0 fully saturated rings. The molecule has 0 saturated carbocycles. The van der Waals surface area contributed by atoms with Gasteiger partial charge in [-0.25, -0.2) is 4.79 Å². The van der Waals surface area contributed by atoms with E-state index in [0.717, 1.165) is 16.0 Å². The van der Waals surface area contributed by atoms with Gasteiger partial charge in [-0.15, -0.1) is 0 Å². The van der Waals surface area contributed by atoms with Gasteiger partial charge in [0.15, 0.2) is 0 Å². The first-order valence-corrected chi connectivity index (χ1v) is 6.24. The van der Waals surface area contributed by atoms with Crippen molar-refractivity contribution in [2.45, 2.75) is 11.8 Å². The topological polar surface area (TPSA) is 26.3 Å². The van der Waals surface area contributed by atoms with Crippen LogP contribution in [0, 0.1) is 0 Å². The van der Waals surface area contributed by atoms with E-state index in [1.54, 1.807) is 6.08 Å². The van der Waals surface area contributed by atoms with Crippen molar-refractivity contribution >= 4 is 17.7 Å². The fraction of sp³-hybridized carbons (Fsp3) is 0.133. The summed E-state index contributed by atoms with van der Waals surface area (Å²) in [5.41, 5.74) is 1.55. The lowest BCUT2D eigenvalue weighted by molar-refractivity contribution is -0.135. The maximum absolute atomic E-state index is 11.7. The Morgan fingerprint density at radius 1 is 1.28 bits per heavy atom. The summed E-state index contributed by atoms with van der Waals surface area (Å²) in [5.74, 6) is -0.369.